The normalized spacial score (nSPS) is 29.1. The summed E-state index contributed by atoms with van der Waals surface area (Å²) in [6.07, 6.45) is -1.70. The molecular weight excluding hydrogens is 219 g/mol. The smallest absolute Gasteiger partial charge is 0.391 e. The van der Waals surface area contributed by atoms with Gasteiger partial charge in [0, 0.05) is 12.1 Å². The van der Waals surface area contributed by atoms with Crippen LogP contribution in [-0.4, -0.2) is 30.0 Å². The highest BCUT2D eigenvalue weighted by molar-refractivity contribution is 4.82. The van der Waals surface area contributed by atoms with E-state index in [9.17, 15) is 13.2 Å². The Hall–Kier alpha value is -0.290. The van der Waals surface area contributed by atoms with Gasteiger partial charge in [0.15, 0.2) is 0 Å². The minimum atomic E-state index is -4.04. The highest BCUT2D eigenvalue weighted by atomic mass is 19.4. The molecule has 5 heteroatoms. The Balaban J connectivity index is 2.32. The van der Waals surface area contributed by atoms with Gasteiger partial charge in [-0.1, -0.05) is 6.92 Å². The Morgan fingerprint density at radius 2 is 1.81 bits per heavy atom. The van der Waals surface area contributed by atoms with E-state index in [0.717, 1.165) is 6.42 Å². The van der Waals surface area contributed by atoms with Crippen molar-refractivity contribution in [2.24, 2.45) is 5.92 Å². The third kappa shape index (κ3) is 3.94. The first-order chi connectivity index (χ1) is 7.47. The van der Waals surface area contributed by atoms with Crippen LogP contribution in [0.1, 0.15) is 39.0 Å². The summed E-state index contributed by atoms with van der Waals surface area (Å²) in [7, 11) is 0. The van der Waals surface area contributed by atoms with E-state index in [2.05, 4.69) is 5.32 Å². The molecule has 1 rings (SSSR count). The number of alkyl halides is 3. The topological polar surface area (TPSA) is 32.3 Å². The SMILES string of the molecule is CC[C@@H](CO)NC1CCC(C(F)(F)F)CC1. The van der Waals surface area contributed by atoms with E-state index >= 15 is 0 Å². The van der Waals surface area contributed by atoms with Crippen LogP contribution in [0, 0.1) is 5.92 Å². The largest absolute Gasteiger partial charge is 0.395 e. The van der Waals surface area contributed by atoms with Gasteiger partial charge >= 0.3 is 6.18 Å². The van der Waals surface area contributed by atoms with E-state index in [1.165, 1.54) is 0 Å². The molecule has 0 amide bonds. The van der Waals surface area contributed by atoms with Crippen LogP contribution in [0.5, 0.6) is 0 Å². The Morgan fingerprint density at radius 3 is 2.19 bits per heavy atom. The molecule has 0 aliphatic heterocycles. The minimum absolute atomic E-state index is 0.0208. The van der Waals surface area contributed by atoms with Gasteiger partial charge in [-0.05, 0) is 32.1 Å². The number of aliphatic hydroxyl groups excluding tert-OH is 1. The van der Waals surface area contributed by atoms with Crippen LogP contribution in [0.25, 0.3) is 0 Å². The van der Waals surface area contributed by atoms with Crippen LogP contribution in [0.4, 0.5) is 13.2 Å². The summed E-state index contributed by atoms with van der Waals surface area (Å²) in [6, 6.07) is 0.156. The van der Waals surface area contributed by atoms with Crippen molar-refractivity contribution in [1.29, 1.82) is 0 Å². The van der Waals surface area contributed by atoms with Crippen LogP contribution in [0.15, 0.2) is 0 Å². The van der Waals surface area contributed by atoms with E-state index in [0.29, 0.717) is 12.8 Å². The Labute approximate surface area is 94.2 Å². The number of rotatable bonds is 4. The number of nitrogens with one attached hydrogen (secondary N) is 1. The van der Waals surface area contributed by atoms with Crippen molar-refractivity contribution in [3.05, 3.63) is 0 Å². The highest BCUT2D eigenvalue weighted by Gasteiger charge is 2.41. The molecule has 0 heterocycles. The molecule has 0 bridgehead atoms. The fourth-order valence-electron chi connectivity index (χ4n) is 2.22. The third-order valence-corrected chi connectivity index (χ3v) is 3.37. The second-order valence-electron chi connectivity index (χ2n) is 4.54. The number of hydrogen-bond donors (Lipinski definition) is 2. The van der Waals surface area contributed by atoms with Crippen LogP contribution >= 0.6 is 0 Å². The Morgan fingerprint density at radius 1 is 1.25 bits per heavy atom. The molecule has 0 aromatic carbocycles. The molecule has 0 radical (unpaired) electrons. The maximum absolute atomic E-state index is 12.4. The molecule has 0 aromatic rings. The highest BCUT2D eigenvalue weighted by Crippen LogP contribution is 2.37. The Bertz CT molecular complexity index is 196. The molecule has 16 heavy (non-hydrogen) atoms. The van der Waals surface area contributed by atoms with Crippen molar-refractivity contribution >= 4 is 0 Å². The standard InChI is InChI=1S/C11H20F3NO/c1-2-9(7-16)15-10-5-3-8(4-6-10)11(12,13)14/h8-10,15-16H,2-7H2,1H3/t8?,9-,10?/m0/s1. The van der Waals surface area contributed by atoms with Gasteiger partial charge < -0.3 is 10.4 Å². The van der Waals surface area contributed by atoms with Gasteiger partial charge in [0.2, 0.25) is 0 Å². The van der Waals surface area contributed by atoms with Gasteiger partial charge in [-0.25, -0.2) is 0 Å². The zero-order valence-corrected chi connectivity index (χ0v) is 9.56. The van der Waals surface area contributed by atoms with E-state index in [-0.39, 0.29) is 31.5 Å². The van der Waals surface area contributed by atoms with Gasteiger partial charge in [0.05, 0.1) is 12.5 Å². The fraction of sp³-hybridized carbons (Fsp3) is 1.00. The molecule has 96 valence electrons. The summed E-state index contributed by atoms with van der Waals surface area (Å²) in [4.78, 5) is 0. The molecule has 0 saturated heterocycles. The molecule has 1 atom stereocenters. The molecular formula is C11H20F3NO. The lowest BCUT2D eigenvalue weighted by Gasteiger charge is -2.32. The molecule has 0 spiro atoms. The molecule has 1 fully saturated rings. The van der Waals surface area contributed by atoms with Crippen molar-refractivity contribution in [3.8, 4) is 0 Å². The molecule has 2 N–H and O–H groups in total. The zero-order valence-electron chi connectivity index (χ0n) is 9.56. The monoisotopic (exact) mass is 239 g/mol. The maximum Gasteiger partial charge on any atom is 0.391 e. The summed E-state index contributed by atoms with van der Waals surface area (Å²) in [5.41, 5.74) is 0. The average Bonchev–Trinajstić information content (AvgIpc) is 2.25. The van der Waals surface area contributed by atoms with Crippen molar-refractivity contribution in [2.45, 2.75) is 57.3 Å². The van der Waals surface area contributed by atoms with Crippen molar-refractivity contribution in [1.82, 2.24) is 5.32 Å². The maximum atomic E-state index is 12.4. The second-order valence-corrected chi connectivity index (χ2v) is 4.54. The van der Waals surface area contributed by atoms with Gasteiger partial charge in [-0.15, -0.1) is 0 Å². The second kappa shape index (κ2) is 5.87. The average molecular weight is 239 g/mol. The quantitative estimate of drug-likeness (QED) is 0.790. The third-order valence-electron chi connectivity index (χ3n) is 3.37. The summed E-state index contributed by atoms with van der Waals surface area (Å²) in [5.74, 6) is -1.13. The molecule has 0 aromatic heterocycles. The van der Waals surface area contributed by atoms with Crippen LogP contribution in [-0.2, 0) is 0 Å². The minimum Gasteiger partial charge on any atom is -0.395 e. The number of aliphatic hydroxyl groups is 1. The van der Waals surface area contributed by atoms with Crippen LogP contribution < -0.4 is 5.32 Å². The lowest BCUT2D eigenvalue weighted by molar-refractivity contribution is -0.182. The predicted octanol–water partition coefficient (Wildman–Crippen LogP) is 2.47. The fourth-order valence-corrected chi connectivity index (χ4v) is 2.22. The first kappa shape index (κ1) is 13.8. The summed E-state index contributed by atoms with van der Waals surface area (Å²) in [5, 5.41) is 12.2. The number of halogens is 3. The van der Waals surface area contributed by atoms with E-state index in [1.54, 1.807) is 0 Å². The Kier molecular flexibility index (Phi) is 5.05. The van der Waals surface area contributed by atoms with Gasteiger partial charge in [-0.3, -0.25) is 0 Å². The zero-order chi connectivity index (χ0) is 12.2. The van der Waals surface area contributed by atoms with Gasteiger partial charge in [-0.2, -0.15) is 13.2 Å². The first-order valence-corrected chi connectivity index (χ1v) is 5.91. The predicted molar refractivity (Wildman–Crippen MR) is 56.1 cm³/mol. The summed E-state index contributed by atoms with van der Waals surface area (Å²) < 4.78 is 37.2. The van der Waals surface area contributed by atoms with Crippen molar-refractivity contribution in [3.63, 3.8) is 0 Å². The van der Waals surface area contributed by atoms with Gasteiger partial charge in [0.25, 0.3) is 0 Å². The first-order valence-electron chi connectivity index (χ1n) is 5.91. The molecule has 2 nitrogen and oxygen atoms in total. The summed E-state index contributed by atoms with van der Waals surface area (Å²) >= 11 is 0. The van der Waals surface area contributed by atoms with E-state index in [1.807, 2.05) is 6.92 Å². The van der Waals surface area contributed by atoms with E-state index < -0.39 is 12.1 Å². The lowest BCUT2D eigenvalue weighted by atomic mass is 9.85. The van der Waals surface area contributed by atoms with Crippen LogP contribution in [0.3, 0.4) is 0 Å². The molecule has 1 aliphatic carbocycles. The molecule has 1 saturated carbocycles. The van der Waals surface area contributed by atoms with Gasteiger partial charge in [0.1, 0.15) is 0 Å². The van der Waals surface area contributed by atoms with Crippen molar-refractivity contribution < 1.29 is 18.3 Å². The molecule has 1 aliphatic rings. The molecule has 0 unspecified atom stereocenters. The van der Waals surface area contributed by atoms with E-state index in [4.69, 9.17) is 5.11 Å². The van der Waals surface area contributed by atoms with Crippen LogP contribution in [0.2, 0.25) is 0 Å². The number of hydrogen-bond acceptors (Lipinski definition) is 2. The lowest BCUT2D eigenvalue weighted by Crippen LogP contribution is -2.43. The van der Waals surface area contributed by atoms with Crippen molar-refractivity contribution in [2.75, 3.05) is 6.61 Å². The summed E-state index contributed by atoms with van der Waals surface area (Å²) in [6.45, 7) is 2.00.